The average Bonchev–Trinajstić information content (AvgIpc) is 2.84. The molecule has 1 aliphatic heterocycles. The van der Waals surface area contributed by atoms with Crippen molar-refractivity contribution in [3.63, 3.8) is 0 Å². The Hall–Kier alpha value is -1.58. The van der Waals surface area contributed by atoms with E-state index in [1.54, 1.807) is 0 Å². The molecule has 2 aromatic rings. The number of hydrogen-bond acceptors (Lipinski definition) is 3. The standard InChI is InChI=1S/C16H20N2O/c17-15-7-8-18(12-15)9-10-19-16-6-5-13-3-1-2-4-14(13)11-16/h1-6,11,15H,7-10,12,17H2. The van der Waals surface area contributed by atoms with Crippen molar-refractivity contribution >= 4 is 10.8 Å². The molecule has 2 N–H and O–H groups in total. The summed E-state index contributed by atoms with van der Waals surface area (Å²) in [6, 6.07) is 14.9. The zero-order chi connectivity index (χ0) is 13.1. The van der Waals surface area contributed by atoms with E-state index in [4.69, 9.17) is 10.5 Å². The van der Waals surface area contributed by atoms with Crippen LogP contribution in [0.5, 0.6) is 5.75 Å². The van der Waals surface area contributed by atoms with Gasteiger partial charge in [-0.2, -0.15) is 0 Å². The third-order valence-electron chi connectivity index (χ3n) is 3.71. The molecular weight excluding hydrogens is 236 g/mol. The Morgan fingerprint density at radius 3 is 2.79 bits per heavy atom. The van der Waals surface area contributed by atoms with Gasteiger partial charge in [0.15, 0.2) is 0 Å². The highest BCUT2D eigenvalue weighted by Gasteiger charge is 2.18. The van der Waals surface area contributed by atoms with Crippen molar-refractivity contribution < 1.29 is 4.74 Å². The molecule has 19 heavy (non-hydrogen) atoms. The maximum Gasteiger partial charge on any atom is 0.120 e. The third-order valence-corrected chi connectivity index (χ3v) is 3.71. The molecule has 3 heteroatoms. The summed E-state index contributed by atoms with van der Waals surface area (Å²) in [5.41, 5.74) is 5.89. The number of ether oxygens (including phenoxy) is 1. The van der Waals surface area contributed by atoms with Crippen LogP contribution in [0.1, 0.15) is 6.42 Å². The van der Waals surface area contributed by atoms with E-state index in [1.165, 1.54) is 10.8 Å². The van der Waals surface area contributed by atoms with Crippen molar-refractivity contribution in [2.24, 2.45) is 5.73 Å². The fourth-order valence-corrected chi connectivity index (χ4v) is 2.62. The quantitative estimate of drug-likeness (QED) is 0.912. The summed E-state index contributed by atoms with van der Waals surface area (Å²) in [7, 11) is 0. The zero-order valence-electron chi connectivity index (χ0n) is 11.1. The van der Waals surface area contributed by atoms with Crippen LogP contribution in [0.3, 0.4) is 0 Å². The summed E-state index contributed by atoms with van der Waals surface area (Å²) in [5, 5.41) is 2.48. The van der Waals surface area contributed by atoms with Gasteiger partial charge < -0.3 is 10.5 Å². The molecule has 0 spiro atoms. The molecule has 2 aromatic carbocycles. The van der Waals surface area contributed by atoms with E-state index in [1.807, 2.05) is 6.07 Å². The molecular formula is C16H20N2O. The lowest BCUT2D eigenvalue weighted by atomic mass is 10.1. The summed E-state index contributed by atoms with van der Waals surface area (Å²) < 4.78 is 5.83. The van der Waals surface area contributed by atoms with Crippen molar-refractivity contribution in [1.82, 2.24) is 4.90 Å². The van der Waals surface area contributed by atoms with Crippen LogP contribution in [0.2, 0.25) is 0 Å². The molecule has 1 atom stereocenters. The monoisotopic (exact) mass is 256 g/mol. The molecule has 100 valence electrons. The molecule has 3 nitrogen and oxygen atoms in total. The molecule has 0 radical (unpaired) electrons. The Balaban J connectivity index is 1.56. The van der Waals surface area contributed by atoms with Crippen molar-refractivity contribution in [3.05, 3.63) is 42.5 Å². The lowest BCUT2D eigenvalue weighted by Crippen LogP contribution is -2.29. The van der Waals surface area contributed by atoms with Gasteiger partial charge in [-0.05, 0) is 35.9 Å². The molecule has 1 saturated heterocycles. The average molecular weight is 256 g/mol. The van der Waals surface area contributed by atoms with E-state index in [2.05, 4.69) is 41.3 Å². The molecule has 0 amide bonds. The van der Waals surface area contributed by atoms with Gasteiger partial charge in [-0.25, -0.2) is 0 Å². The van der Waals surface area contributed by atoms with Crippen LogP contribution < -0.4 is 10.5 Å². The number of nitrogens with two attached hydrogens (primary N) is 1. The SMILES string of the molecule is NC1CCN(CCOc2ccc3ccccc3c2)C1. The van der Waals surface area contributed by atoms with E-state index >= 15 is 0 Å². The number of hydrogen-bond donors (Lipinski definition) is 1. The van der Waals surface area contributed by atoms with Gasteiger partial charge in [-0.15, -0.1) is 0 Å². The van der Waals surface area contributed by atoms with Gasteiger partial charge >= 0.3 is 0 Å². The maximum absolute atomic E-state index is 5.89. The van der Waals surface area contributed by atoms with Crippen molar-refractivity contribution in [2.75, 3.05) is 26.2 Å². The fourth-order valence-electron chi connectivity index (χ4n) is 2.62. The minimum absolute atomic E-state index is 0.348. The van der Waals surface area contributed by atoms with Gasteiger partial charge in [0, 0.05) is 19.1 Å². The second-order valence-electron chi connectivity index (χ2n) is 5.21. The molecule has 1 heterocycles. The summed E-state index contributed by atoms with van der Waals surface area (Å²) in [5.74, 6) is 0.946. The lowest BCUT2D eigenvalue weighted by molar-refractivity contribution is 0.236. The van der Waals surface area contributed by atoms with Gasteiger partial charge in [-0.1, -0.05) is 30.3 Å². The van der Waals surface area contributed by atoms with Gasteiger partial charge in [0.25, 0.3) is 0 Å². The summed E-state index contributed by atoms with van der Waals surface area (Å²) in [6.07, 6.45) is 1.11. The Kier molecular flexibility index (Phi) is 3.67. The van der Waals surface area contributed by atoms with E-state index < -0.39 is 0 Å². The van der Waals surface area contributed by atoms with Crippen LogP contribution in [0.15, 0.2) is 42.5 Å². The van der Waals surface area contributed by atoms with Crippen LogP contribution in [-0.2, 0) is 0 Å². The molecule has 0 saturated carbocycles. The third kappa shape index (κ3) is 3.06. The van der Waals surface area contributed by atoms with Crippen LogP contribution >= 0.6 is 0 Å². The van der Waals surface area contributed by atoms with Crippen LogP contribution in [0, 0.1) is 0 Å². The molecule has 0 aromatic heterocycles. The number of likely N-dealkylation sites (tertiary alicyclic amines) is 1. The fraction of sp³-hybridized carbons (Fsp3) is 0.375. The van der Waals surface area contributed by atoms with Gasteiger partial charge in [0.05, 0.1) is 0 Å². The highest BCUT2D eigenvalue weighted by molar-refractivity contribution is 5.83. The highest BCUT2D eigenvalue weighted by atomic mass is 16.5. The highest BCUT2D eigenvalue weighted by Crippen LogP contribution is 2.20. The second kappa shape index (κ2) is 5.59. The van der Waals surface area contributed by atoms with Gasteiger partial charge in [0.1, 0.15) is 12.4 Å². The minimum Gasteiger partial charge on any atom is -0.492 e. The predicted molar refractivity (Wildman–Crippen MR) is 78.5 cm³/mol. The first-order valence-corrected chi connectivity index (χ1v) is 6.91. The van der Waals surface area contributed by atoms with Crippen molar-refractivity contribution in [2.45, 2.75) is 12.5 Å². The Labute approximate surface area is 114 Å². The summed E-state index contributed by atoms with van der Waals surface area (Å²) in [6.45, 7) is 3.79. The van der Waals surface area contributed by atoms with E-state index in [-0.39, 0.29) is 0 Å². The van der Waals surface area contributed by atoms with Crippen LogP contribution in [0.25, 0.3) is 10.8 Å². The van der Waals surface area contributed by atoms with Gasteiger partial charge in [-0.3, -0.25) is 4.90 Å². The number of rotatable bonds is 4. The number of nitrogens with zero attached hydrogens (tertiary/aromatic N) is 1. The second-order valence-corrected chi connectivity index (χ2v) is 5.21. The number of fused-ring (bicyclic) bond motifs is 1. The van der Waals surface area contributed by atoms with E-state index in [0.29, 0.717) is 6.04 Å². The first-order valence-electron chi connectivity index (χ1n) is 6.91. The minimum atomic E-state index is 0.348. The smallest absolute Gasteiger partial charge is 0.120 e. The molecule has 1 unspecified atom stereocenters. The Morgan fingerprint density at radius 2 is 2.00 bits per heavy atom. The lowest BCUT2D eigenvalue weighted by Gasteiger charge is -2.15. The predicted octanol–water partition coefficient (Wildman–Crippen LogP) is 2.25. The van der Waals surface area contributed by atoms with E-state index in [9.17, 15) is 0 Å². The largest absolute Gasteiger partial charge is 0.492 e. The van der Waals surface area contributed by atoms with Crippen LogP contribution in [0.4, 0.5) is 0 Å². The van der Waals surface area contributed by atoms with E-state index in [0.717, 1.165) is 38.4 Å². The maximum atomic E-state index is 5.89. The van der Waals surface area contributed by atoms with Crippen molar-refractivity contribution in [3.8, 4) is 5.75 Å². The molecule has 1 fully saturated rings. The summed E-state index contributed by atoms with van der Waals surface area (Å²) >= 11 is 0. The molecule has 0 aliphatic carbocycles. The first-order chi connectivity index (χ1) is 9.31. The Morgan fingerprint density at radius 1 is 1.16 bits per heavy atom. The molecule has 0 bridgehead atoms. The molecule has 3 rings (SSSR count). The summed E-state index contributed by atoms with van der Waals surface area (Å²) in [4.78, 5) is 2.37. The Bertz CT molecular complexity index is 555. The van der Waals surface area contributed by atoms with Gasteiger partial charge in [0.2, 0.25) is 0 Å². The van der Waals surface area contributed by atoms with Crippen molar-refractivity contribution in [1.29, 1.82) is 0 Å². The first kappa shape index (κ1) is 12.5. The molecule has 1 aliphatic rings. The topological polar surface area (TPSA) is 38.5 Å². The zero-order valence-corrected chi connectivity index (χ0v) is 11.1. The van der Waals surface area contributed by atoms with Crippen LogP contribution in [-0.4, -0.2) is 37.2 Å². The number of benzene rings is 2. The normalized spacial score (nSPS) is 19.9.